The summed E-state index contributed by atoms with van der Waals surface area (Å²) in [6.45, 7) is 2.46. The van der Waals surface area contributed by atoms with Crippen LogP contribution in [-0.4, -0.2) is 81.5 Å². The highest BCUT2D eigenvalue weighted by Crippen LogP contribution is 2.39. The summed E-state index contributed by atoms with van der Waals surface area (Å²) in [5.74, 6) is -5.08. The lowest BCUT2D eigenvalue weighted by Gasteiger charge is -2.33. The number of carbonyl (C=O) groups excluding carboxylic acids is 3. The molecule has 1 fully saturated rings. The Morgan fingerprint density at radius 1 is 0.766 bits per heavy atom. The number of carbonyl (C=O) groups is 3. The Bertz CT molecular complexity index is 1580. The fraction of sp³-hybridized carbons (Fsp3) is 0.500. The molecule has 0 radical (unpaired) electrons. The lowest BCUT2D eigenvalue weighted by molar-refractivity contribution is -0.168. The second kappa shape index (κ2) is 15.9. The summed E-state index contributed by atoms with van der Waals surface area (Å²) in [5.41, 5.74) is 5.38. The summed E-state index contributed by atoms with van der Waals surface area (Å²) in [7, 11) is 3.95. The van der Waals surface area contributed by atoms with Gasteiger partial charge in [0.2, 0.25) is 0 Å². The van der Waals surface area contributed by atoms with Crippen molar-refractivity contribution in [2.45, 2.75) is 76.1 Å². The molecule has 4 unspecified atom stereocenters. The minimum Gasteiger partial charge on any atom is -0.455 e. The van der Waals surface area contributed by atoms with Crippen LogP contribution in [-0.2, 0) is 60.8 Å². The first kappa shape index (κ1) is 38.4. The van der Waals surface area contributed by atoms with Crippen molar-refractivity contribution >= 4 is 67.3 Å². The van der Waals surface area contributed by atoms with Crippen molar-refractivity contribution in [2.75, 3.05) is 0 Å². The van der Waals surface area contributed by atoms with Crippen LogP contribution < -0.4 is 9.47 Å². The SMILES string of the molecule is BCc1cc(C)c(OC(=O)C2CC(C(=O)Oc3c(CB)cc(CB)cc3CB)CC(C(=O)OC(C)C(F)(F)S(=O)(=O)O)C2)c(CB)c1. The van der Waals surface area contributed by atoms with Crippen LogP contribution in [0.15, 0.2) is 24.3 Å². The van der Waals surface area contributed by atoms with Crippen molar-refractivity contribution in [3.63, 3.8) is 0 Å². The molecule has 4 atom stereocenters. The van der Waals surface area contributed by atoms with E-state index in [1.54, 1.807) is 0 Å². The molecule has 0 spiro atoms. The summed E-state index contributed by atoms with van der Waals surface area (Å²) in [5, 5.41) is -4.77. The molecular weight excluding hydrogens is 628 g/mol. The molecule has 0 aliphatic heterocycles. The summed E-state index contributed by atoms with van der Waals surface area (Å²) in [6.07, 6.45) is 0.404. The van der Waals surface area contributed by atoms with Crippen LogP contribution >= 0.6 is 0 Å². The molecule has 0 aromatic heterocycles. The predicted molar refractivity (Wildman–Crippen MR) is 187 cm³/mol. The lowest BCUT2D eigenvalue weighted by Crippen LogP contribution is -2.44. The molecule has 1 N–H and O–H groups in total. The number of benzene rings is 2. The number of aryl methyl sites for hydroxylation is 1. The Hall–Kier alpha value is -3.06. The van der Waals surface area contributed by atoms with Gasteiger partial charge in [-0.3, -0.25) is 18.9 Å². The van der Waals surface area contributed by atoms with E-state index in [1.807, 2.05) is 70.4 Å². The minimum absolute atomic E-state index is 0.0261. The number of ether oxygens (including phenoxy) is 3. The van der Waals surface area contributed by atoms with Crippen LogP contribution in [0.3, 0.4) is 0 Å². The number of alkyl halides is 2. The van der Waals surface area contributed by atoms with Crippen LogP contribution in [0.25, 0.3) is 0 Å². The van der Waals surface area contributed by atoms with Gasteiger partial charge in [-0.1, -0.05) is 67.0 Å². The van der Waals surface area contributed by atoms with E-state index >= 15 is 0 Å². The maximum absolute atomic E-state index is 14.2. The monoisotopic (exact) mass is 670 g/mol. The van der Waals surface area contributed by atoms with Gasteiger partial charge in [0.25, 0.3) is 0 Å². The largest absolute Gasteiger partial charge is 0.455 e. The third-order valence-electron chi connectivity index (χ3n) is 8.90. The second-order valence-corrected chi connectivity index (χ2v) is 13.7. The van der Waals surface area contributed by atoms with Gasteiger partial charge in [0, 0.05) is 0 Å². The third-order valence-corrected chi connectivity index (χ3v) is 9.92. The number of rotatable bonds is 13. The van der Waals surface area contributed by atoms with Gasteiger partial charge in [-0.05, 0) is 55.4 Å². The van der Waals surface area contributed by atoms with Crippen LogP contribution in [0.4, 0.5) is 8.78 Å². The first-order chi connectivity index (χ1) is 22.0. The quantitative estimate of drug-likeness (QED) is 0.131. The number of halogens is 2. The first-order valence-corrected chi connectivity index (χ1v) is 17.7. The van der Waals surface area contributed by atoms with E-state index in [0.29, 0.717) is 37.4 Å². The molecule has 17 heteroatoms. The molecule has 47 heavy (non-hydrogen) atoms. The molecule has 2 aromatic rings. The molecule has 0 heterocycles. The fourth-order valence-corrected chi connectivity index (χ4v) is 6.51. The second-order valence-electron chi connectivity index (χ2n) is 12.2. The Morgan fingerprint density at radius 2 is 1.15 bits per heavy atom. The standard InChI is InChI=1S/C30H41B5F2O9S/c1-15-3-17(10-31)4-22(12-33)25(15)45-28(39)20-7-19(27(38)44-16(2)30(36,37)47(41,42)43)8-21(9-20)29(40)46-26-23(13-34)5-18(11-32)6-24(26)14-35/h3-6,16,19-21H,7-14,31-35H2,1-2H3,(H,41,42,43). The van der Waals surface area contributed by atoms with Crippen molar-refractivity contribution in [1.82, 2.24) is 0 Å². The van der Waals surface area contributed by atoms with Gasteiger partial charge < -0.3 is 14.2 Å². The molecule has 3 rings (SSSR count). The Kier molecular flexibility index (Phi) is 13.0. The molecule has 0 saturated heterocycles. The molecule has 2 aromatic carbocycles. The average molecular weight is 670 g/mol. The van der Waals surface area contributed by atoms with Crippen LogP contribution in [0.2, 0.25) is 0 Å². The van der Waals surface area contributed by atoms with E-state index in [2.05, 4.69) is 0 Å². The highest BCUT2D eigenvalue weighted by Gasteiger charge is 2.53. The summed E-state index contributed by atoms with van der Waals surface area (Å²) in [4.78, 5) is 40.6. The minimum atomic E-state index is -5.89. The van der Waals surface area contributed by atoms with Crippen molar-refractivity contribution in [3.8, 4) is 11.5 Å². The van der Waals surface area contributed by atoms with Crippen LogP contribution in [0.5, 0.6) is 11.5 Å². The van der Waals surface area contributed by atoms with Crippen molar-refractivity contribution in [1.29, 1.82) is 0 Å². The van der Waals surface area contributed by atoms with E-state index in [4.69, 9.17) is 18.8 Å². The van der Waals surface area contributed by atoms with Crippen molar-refractivity contribution in [3.05, 3.63) is 57.6 Å². The number of hydrogen-bond donors (Lipinski definition) is 1. The zero-order valence-corrected chi connectivity index (χ0v) is 29.0. The van der Waals surface area contributed by atoms with E-state index in [0.717, 1.165) is 46.0 Å². The molecule has 1 saturated carbocycles. The maximum atomic E-state index is 14.2. The highest BCUT2D eigenvalue weighted by atomic mass is 32.2. The fourth-order valence-electron chi connectivity index (χ4n) is 6.04. The number of esters is 3. The normalized spacial score (nSPS) is 19.0. The molecule has 250 valence electrons. The van der Waals surface area contributed by atoms with Crippen LogP contribution in [0.1, 0.15) is 59.6 Å². The van der Waals surface area contributed by atoms with E-state index < -0.39 is 57.1 Å². The predicted octanol–water partition coefficient (Wildman–Crippen LogP) is -0.384. The van der Waals surface area contributed by atoms with Crippen LogP contribution in [0, 0.1) is 24.7 Å². The molecule has 1 aliphatic carbocycles. The molecule has 0 bridgehead atoms. The van der Waals surface area contributed by atoms with E-state index in [9.17, 15) is 31.6 Å². The summed E-state index contributed by atoms with van der Waals surface area (Å²) < 4.78 is 76.6. The summed E-state index contributed by atoms with van der Waals surface area (Å²) in [6, 6.07) is 7.81. The van der Waals surface area contributed by atoms with Gasteiger partial charge in [-0.25, -0.2) is 0 Å². The Morgan fingerprint density at radius 3 is 1.55 bits per heavy atom. The zero-order chi connectivity index (χ0) is 35.3. The number of hydrogen-bond acceptors (Lipinski definition) is 8. The van der Waals surface area contributed by atoms with E-state index in [1.165, 1.54) is 0 Å². The summed E-state index contributed by atoms with van der Waals surface area (Å²) >= 11 is 0. The average Bonchev–Trinajstić information content (AvgIpc) is 3.04. The molecule has 1 aliphatic rings. The van der Waals surface area contributed by atoms with Gasteiger partial charge in [0.05, 0.1) is 17.8 Å². The van der Waals surface area contributed by atoms with Gasteiger partial charge >= 0.3 is 33.3 Å². The van der Waals surface area contributed by atoms with Gasteiger partial charge in [0.15, 0.2) is 6.10 Å². The first-order valence-electron chi connectivity index (χ1n) is 16.3. The zero-order valence-electron chi connectivity index (χ0n) is 28.2. The maximum Gasteiger partial charge on any atom is 0.405 e. The van der Waals surface area contributed by atoms with Gasteiger partial charge in [-0.15, -0.1) is 0 Å². The van der Waals surface area contributed by atoms with Gasteiger partial charge in [0.1, 0.15) is 50.7 Å². The smallest absolute Gasteiger partial charge is 0.405 e. The van der Waals surface area contributed by atoms with E-state index in [-0.39, 0.29) is 19.3 Å². The van der Waals surface area contributed by atoms with Gasteiger partial charge in [-0.2, -0.15) is 17.2 Å². The van der Waals surface area contributed by atoms with Crippen molar-refractivity contribution in [2.24, 2.45) is 17.8 Å². The third kappa shape index (κ3) is 8.90. The topological polar surface area (TPSA) is 133 Å². The Balaban J connectivity index is 1.96. The Labute approximate surface area is 280 Å². The molecular formula is C30H41B5F2O9S. The lowest BCUT2D eigenvalue weighted by atomic mass is 9.75. The highest BCUT2D eigenvalue weighted by molar-refractivity contribution is 7.86. The molecule has 0 amide bonds. The van der Waals surface area contributed by atoms with Crippen molar-refractivity contribution < 1.29 is 50.3 Å². The molecule has 9 nitrogen and oxygen atoms in total.